The number of amides is 1. The van der Waals surface area contributed by atoms with Crippen molar-refractivity contribution in [1.82, 2.24) is 4.90 Å². The fraction of sp³-hybridized carbons (Fsp3) is 0.909. The van der Waals surface area contributed by atoms with Gasteiger partial charge >= 0.3 is 0 Å². The summed E-state index contributed by atoms with van der Waals surface area (Å²) < 4.78 is 5.44. The summed E-state index contributed by atoms with van der Waals surface area (Å²) >= 11 is 0. The van der Waals surface area contributed by atoms with Gasteiger partial charge in [0.1, 0.15) is 0 Å². The van der Waals surface area contributed by atoms with Crippen molar-refractivity contribution in [2.24, 2.45) is 11.7 Å². The first-order valence-corrected chi connectivity index (χ1v) is 5.59. The molecule has 2 N–H and O–H groups in total. The second-order valence-corrected chi connectivity index (χ2v) is 4.58. The molecule has 1 aliphatic rings. The van der Waals surface area contributed by atoms with Crippen LogP contribution in [0.5, 0.6) is 0 Å². The van der Waals surface area contributed by atoms with Gasteiger partial charge in [-0.3, -0.25) is 9.69 Å². The van der Waals surface area contributed by atoms with E-state index >= 15 is 0 Å². The van der Waals surface area contributed by atoms with E-state index in [1.54, 1.807) is 7.11 Å². The third kappa shape index (κ3) is 3.47. The van der Waals surface area contributed by atoms with Crippen LogP contribution in [-0.2, 0) is 9.53 Å². The van der Waals surface area contributed by atoms with E-state index in [-0.39, 0.29) is 12.0 Å². The van der Waals surface area contributed by atoms with Gasteiger partial charge in [-0.05, 0) is 32.7 Å². The second kappa shape index (κ2) is 5.47. The Balaban J connectivity index is 2.52. The van der Waals surface area contributed by atoms with E-state index in [4.69, 9.17) is 10.5 Å². The number of hydrogen-bond donors (Lipinski definition) is 1. The van der Waals surface area contributed by atoms with E-state index in [1.165, 1.54) is 0 Å². The van der Waals surface area contributed by atoms with E-state index in [0.717, 1.165) is 19.5 Å². The summed E-state index contributed by atoms with van der Waals surface area (Å²) in [6.45, 7) is 6.31. The number of carbonyl (C=O) groups excluding carboxylic acids is 1. The molecule has 0 spiro atoms. The van der Waals surface area contributed by atoms with Crippen LogP contribution in [0, 0.1) is 5.92 Å². The average Bonchev–Trinajstić information content (AvgIpc) is 2.17. The Hall–Kier alpha value is -0.610. The molecule has 1 aliphatic heterocycles. The predicted molar refractivity (Wildman–Crippen MR) is 59.4 cm³/mol. The Morgan fingerprint density at radius 1 is 1.60 bits per heavy atom. The summed E-state index contributed by atoms with van der Waals surface area (Å²) in [6, 6.07) is 0.539. The van der Waals surface area contributed by atoms with Crippen molar-refractivity contribution in [3.05, 3.63) is 0 Å². The van der Waals surface area contributed by atoms with E-state index in [1.807, 2.05) is 0 Å². The molecule has 4 nitrogen and oxygen atoms in total. The third-order valence-electron chi connectivity index (χ3n) is 3.22. The van der Waals surface area contributed by atoms with Crippen LogP contribution in [0.25, 0.3) is 0 Å². The normalized spacial score (nSPS) is 28.3. The number of carbonyl (C=O) groups is 1. The van der Waals surface area contributed by atoms with Crippen LogP contribution in [0.15, 0.2) is 0 Å². The summed E-state index contributed by atoms with van der Waals surface area (Å²) in [6.07, 6.45) is 1.60. The van der Waals surface area contributed by atoms with Gasteiger partial charge < -0.3 is 10.5 Å². The van der Waals surface area contributed by atoms with Crippen LogP contribution in [0.3, 0.4) is 0 Å². The van der Waals surface area contributed by atoms with Crippen molar-refractivity contribution >= 4 is 5.91 Å². The number of hydrogen-bond acceptors (Lipinski definition) is 3. The number of nitrogens with two attached hydrogens (primary N) is 1. The molecular formula is C11H22N2O2. The van der Waals surface area contributed by atoms with Crippen LogP contribution in [0.4, 0.5) is 0 Å². The fourth-order valence-electron chi connectivity index (χ4n) is 2.22. The first kappa shape index (κ1) is 12.5. The highest BCUT2D eigenvalue weighted by Gasteiger charge is 2.30. The van der Waals surface area contributed by atoms with E-state index < -0.39 is 0 Å². The van der Waals surface area contributed by atoms with Crippen LogP contribution < -0.4 is 5.73 Å². The standard InChI is InChI=1S/C11H22N2O2/c1-8(2)13-5-4-9(6-11(12)14)10(7-13)15-3/h8-10H,4-7H2,1-3H3,(H2,12,14). The van der Waals surface area contributed by atoms with Crippen molar-refractivity contribution in [3.63, 3.8) is 0 Å². The Morgan fingerprint density at radius 3 is 2.73 bits per heavy atom. The maximum absolute atomic E-state index is 10.9. The molecule has 0 radical (unpaired) electrons. The molecule has 2 unspecified atom stereocenters. The zero-order valence-corrected chi connectivity index (χ0v) is 9.90. The lowest BCUT2D eigenvalue weighted by molar-refractivity contribution is -0.121. The molecule has 0 saturated carbocycles. The van der Waals surface area contributed by atoms with Gasteiger partial charge in [-0.15, -0.1) is 0 Å². The van der Waals surface area contributed by atoms with Crippen LogP contribution in [0.2, 0.25) is 0 Å². The Labute approximate surface area is 91.8 Å². The third-order valence-corrected chi connectivity index (χ3v) is 3.22. The molecule has 2 atom stereocenters. The van der Waals surface area contributed by atoms with Gasteiger partial charge in [0.2, 0.25) is 5.91 Å². The topological polar surface area (TPSA) is 55.6 Å². The molecular weight excluding hydrogens is 192 g/mol. The maximum atomic E-state index is 10.9. The van der Waals surface area contributed by atoms with Crippen LogP contribution in [0.1, 0.15) is 26.7 Å². The van der Waals surface area contributed by atoms with Gasteiger partial charge in [0, 0.05) is 26.1 Å². The number of nitrogens with zero attached hydrogens (tertiary/aromatic N) is 1. The zero-order chi connectivity index (χ0) is 11.4. The lowest BCUT2D eigenvalue weighted by Gasteiger charge is -2.39. The number of piperidine rings is 1. The Kier molecular flexibility index (Phi) is 4.54. The first-order valence-electron chi connectivity index (χ1n) is 5.59. The van der Waals surface area contributed by atoms with E-state index in [9.17, 15) is 4.79 Å². The molecule has 1 rings (SSSR count). The summed E-state index contributed by atoms with van der Waals surface area (Å²) in [5.74, 6) is 0.0718. The lowest BCUT2D eigenvalue weighted by Crippen LogP contribution is -2.48. The first-order chi connectivity index (χ1) is 7.04. The SMILES string of the molecule is COC1CN(C(C)C)CCC1CC(N)=O. The molecule has 4 heteroatoms. The summed E-state index contributed by atoms with van der Waals surface area (Å²) in [7, 11) is 1.71. The van der Waals surface area contributed by atoms with Crippen molar-refractivity contribution in [1.29, 1.82) is 0 Å². The highest BCUT2D eigenvalue weighted by atomic mass is 16.5. The smallest absolute Gasteiger partial charge is 0.217 e. The number of rotatable bonds is 4. The number of likely N-dealkylation sites (tertiary alicyclic amines) is 1. The number of methoxy groups -OCH3 is 1. The van der Waals surface area contributed by atoms with Gasteiger partial charge in [0.25, 0.3) is 0 Å². The predicted octanol–water partition coefficient (Wildman–Crippen LogP) is 0.607. The van der Waals surface area contributed by atoms with Crippen LogP contribution in [-0.4, -0.2) is 43.2 Å². The van der Waals surface area contributed by atoms with Gasteiger partial charge in [-0.1, -0.05) is 0 Å². The Bertz CT molecular complexity index is 219. The molecule has 0 bridgehead atoms. The van der Waals surface area contributed by atoms with E-state index in [2.05, 4.69) is 18.7 Å². The number of ether oxygens (including phenoxy) is 1. The van der Waals surface area contributed by atoms with Crippen LogP contribution >= 0.6 is 0 Å². The quantitative estimate of drug-likeness (QED) is 0.746. The van der Waals surface area contributed by atoms with Gasteiger partial charge in [-0.2, -0.15) is 0 Å². The maximum Gasteiger partial charge on any atom is 0.217 e. The summed E-state index contributed by atoms with van der Waals surface area (Å²) in [5, 5.41) is 0. The summed E-state index contributed by atoms with van der Waals surface area (Å²) in [5.41, 5.74) is 5.23. The molecule has 1 saturated heterocycles. The van der Waals surface area contributed by atoms with Crippen molar-refractivity contribution in [3.8, 4) is 0 Å². The van der Waals surface area contributed by atoms with Gasteiger partial charge in [0.15, 0.2) is 0 Å². The minimum absolute atomic E-state index is 0.147. The highest BCUT2D eigenvalue weighted by molar-refractivity contribution is 5.74. The molecule has 15 heavy (non-hydrogen) atoms. The molecule has 88 valence electrons. The number of primary amides is 1. The molecule has 0 aliphatic carbocycles. The summed E-state index contributed by atoms with van der Waals surface area (Å²) in [4.78, 5) is 13.3. The molecule has 1 amide bonds. The molecule has 0 aromatic heterocycles. The van der Waals surface area contributed by atoms with E-state index in [0.29, 0.717) is 18.4 Å². The molecule has 1 fully saturated rings. The van der Waals surface area contributed by atoms with Gasteiger partial charge in [-0.25, -0.2) is 0 Å². The molecule has 0 aromatic carbocycles. The monoisotopic (exact) mass is 214 g/mol. The zero-order valence-electron chi connectivity index (χ0n) is 9.90. The van der Waals surface area contributed by atoms with Crippen molar-refractivity contribution in [2.45, 2.75) is 38.8 Å². The second-order valence-electron chi connectivity index (χ2n) is 4.58. The minimum atomic E-state index is -0.222. The van der Waals surface area contributed by atoms with Crippen molar-refractivity contribution in [2.75, 3.05) is 20.2 Å². The average molecular weight is 214 g/mol. The lowest BCUT2D eigenvalue weighted by atomic mass is 9.90. The highest BCUT2D eigenvalue weighted by Crippen LogP contribution is 2.24. The molecule has 1 heterocycles. The molecule has 0 aromatic rings. The van der Waals surface area contributed by atoms with Gasteiger partial charge in [0.05, 0.1) is 6.10 Å². The Morgan fingerprint density at radius 2 is 2.27 bits per heavy atom. The fourth-order valence-corrected chi connectivity index (χ4v) is 2.22. The minimum Gasteiger partial charge on any atom is -0.380 e. The van der Waals surface area contributed by atoms with Crippen molar-refractivity contribution < 1.29 is 9.53 Å². The largest absolute Gasteiger partial charge is 0.380 e.